The van der Waals surface area contributed by atoms with E-state index in [0.717, 1.165) is 0 Å². The monoisotopic (exact) mass is 188 g/mol. The zero-order valence-electron chi connectivity index (χ0n) is 5.56. The van der Waals surface area contributed by atoms with Gasteiger partial charge in [0.05, 0.1) is 17.4 Å². The highest BCUT2D eigenvalue weighted by molar-refractivity contribution is 7.91. The summed E-state index contributed by atoms with van der Waals surface area (Å²) in [6.07, 6.45) is -4.62. The van der Waals surface area contributed by atoms with Gasteiger partial charge < -0.3 is 0 Å². The van der Waals surface area contributed by atoms with Crippen LogP contribution in [0.4, 0.5) is 13.2 Å². The van der Waals surface area contributed by atoms with Crippen molar-refractivity contribution in [2.45, 2.75) is 12.6 Å². The third-order valence-corrected chi connectivity index (χ3v) is 3.46. The fraction of sp³-hybridized carbons (Fsp3) is 1.00. The van der Waals surface area contributed by atoms with E-state index in [9.17, 15) is 21.6 Å². The van der Waals surface area contributed by atoms with Gasteiger partial charge >= 0.3 is 6.18 Å². The molecule has 2 nitrogen and oxygen atoms in total. The summed E-state index contributed by atoms with van der Waals surface area (Å²) in [4.78, 5) is 0. The van der Waals surface area contributed by atoms with Gasteiger partial charge in [-0.3, -0.25) is 0 Å². The Morgan fingerprint density at radius 3 is 2.00 bits per heavy atom. The first-order chi connectivity index (χ1) is 4.81. The summed E-state index contributed by atoms with van der Waals surface area (Å²) < 4.78 is 56.7. The van der Waals surface area contributed by atoms with Gasteiger partial charge in [0.1, 0.15) is 0 Å². The van der Waals surface area contributed by atoms with Crippen molar-refractivity contribution in [3.05, 3.63) is 0 Å². The summed E-state index contributed by atoms with van der Waals surface area (Å²) in [6, 6.07) is 0. The van der Waals surface area contributed by atoms with Gasteiger partial charge in [0.15, 0.2) is 9.84 Å². The topological polar surface area (TPSA) is 34.1 Å². The summed E-state index contributed by atoms with van der Waals surface area (Å²) in [5.74, 6) is -2.68. The average molecular weight is 188 g/mol. The maximum absolute atomic E-state index is 11.8. The normalized spacial score (nSPS) is 30.6. The molecule has 0 aromatic carbocycles. The predicted octanol–water partition coefficient (Wildman–Crippen LogP) is 0.983. The second kappa shape index (κ2) is 2.36. The fourth-order valence-corrected chi connectivity index (χ4v) is 2.83. The molecule has 11 heavy (non-hydrogen) atoms. The number of hydrogen-bond donors (Lipinski definition) is 0. The van der Waals surface area contributed by atoms with Gasteiger partial charge in [-0.2, -0.15) is 13.2 Å². The third-order valence-electron chi connectivity index (χ3n) is 1.70. The van der Waals surface area contributed by atoms with Crippen molar-refractivity contribution >= 4 is 9.84 Å². The molecule has 1 heterocycles. The van der Waals surface area contributed by atoms with E-state index in [1.165, 1.54) is 0 Å². The molecule has 0 spiro atoms. The van der Waals surface area contributed by atoms with Gasteiger partial charge in [0.2, 0.25) is 0 Å². The zero-order valence-corrected chi connectivity index (χ0v) is 6.37. The molecule has 6 heteroatoms. The minimum Gasteiger partial charge on any atom is -0.229 e. The number of hydrogen-bond acceptors (Lipinski definition) is 2. The van der Waals surface area contributed by atoms with E-state index in [0.29, 0.717) is 0 Å². The van der Waals surface area contributed by atoms with Gasteiger partial charge in [-0.05, 0) is 6.42 Å². The molecule has 1 saturated heterocycles. The molecular formula is C5H7F3O2S. The molecule has 0 aliphatic carbocycles. The molecule has 1 aliphatic heterocycles. The molecule has 0 aromatic rings. The van der Waals surface area contributed by atoms with Gasteiger partial charge in [-0.1, -0.05) is 0 Å². The quantitative estimate of drug-likeness (QED) is 0.568. The van der Waals surface area contributed by atoms with Gasteiger partial charge in [-0.15, -0.1) is 0 Å². The van der Waals surface area contributed by atoms with E-state index < -0.39 is 27.7 Å². The average Bonchev–Trinajstić information content (AvgIpc) is 2.07. The van der Waals surface area contributed by atoms with Crippen LogP contribution in [0.5, 0.6) is 0 Å². The molecule has 0 N–H and O–H groups in total. The highest BCUT2D eigenvalue weighted by Crippen LogP contribution is 2.34. The Morgan fingerprint density at radius 2 is 1.82 bits per heavy atom. The van der Waals surface area contributed by atoms with Crippen LogP contribution in [0, 0.1) is 5.92 Å². The number of rotatable bonds is 0. The minimum atomic E-state index is -4.34. The number of halogens is 3. The van der Waals surface area contributed by atoms with E-state index in [2.05, 4.69) is 0 Å². The molecule has 1 fully saturated rings. The molecule has 0 bridgehead atoms. The van der Waals surface area contributed by atoms with Crippen LogP contribution < -0.4 is 0 Å². The highest BCUT2D eigenvalue weighted by atomic mass is 32.2. The first-order valence-electron chi connectivity index (χ1n) is 3.08. The molecule has 0 saturated carbocycles. The van der Waals surface area contributed by atoms with Crippen molar-refractivity contribution in [1.82, 2.24) is 0 Å². The first kappa shape index (κ1) is 8.83. The molecular weight excluding hydrogens is 181 g/mol. The zero-order chi connectivity index (χ0) is 8.70. The van der Waals surface area contributed by atoms with Crippen LogP contribution in [0.1, 0.15) is 6.42 Å². The fourth-order valence-electron chi connectivity index (χ4n) is 1.05. The minimum absolute atomic E-state index is 0.272. The first-order valence-corrected chi connectivity index (χ1v) is 4.90. The SMILES string of the molecule is O=S1(=O)CC[C@@H](C(F)(F)F)C1. The number of sulfone groups is 1. The lowest BCUT2D eigenvalue weighted by Crippen LogP contribution is -2.23. The molecule has 1 aliphatic rings. The second-order valence-electron chi connectivity index (χ2n) is 2.64. The highest BCUT2D eigenvalue weighted by Gasteiger charge is 2.46. The van der Waals surface area contributed by atoms with Gasteiger partial charge in [0, 0.05) is 0 Å². The maximum atomic E-state index is 11.8. The van der Waals surface area contributed by atoms with E-state index in [1.54, 1.807) is 0 Å². The lowest BCUT2D eigenvalue weighted by atomic mass is 10.1. The molecule has 0 unspecified atom stereocenters. The van der Waals surface area contributed by atoms with E-state index in [-0.39, 0.29) is 12.2 Å². The molecule has 66 valence electrons. The molecule has 0 amide bonds. The standard InChI is InChI=1S/C5H7F3O2S/c6-5(7,8)4-1-2-11(9,10)3-4/h4H,1-3H2/t4-/m1/s1. The van der Waals surface area contributed by atoms with Crippen LogP contribution >= 0.6 is 0 Å². The van der Waals surface area contributed by atoms with Gasteiger partial charge in [0.25, 0.3) is 0 Å². The Bertz CT molecular complexity index is 241. The smallest absolute Gasteiger partial charge is 0.229 e. The van der Waals surface area contributed by atoms with E-state index in [1.807, 2.05) is 0 Å². The van der Waals surface area contributed by atoms with Crippen molar-refractivity contribution in [1.29, 1.82) is 0 Å². The van der Waals surface area contributed by atoms with Crippen LogP contribution in [-0.2, 0) is 9.84 Å². The Balaban J connectivity index is 2.70. The Labute approximate surface area is 62.3 Å². The largest absolute Gasteiger partial charge is 0.392 e. The summed E-state index contributed by atoms with van der Waals surface area (Å²) in [6.45, 7) is 0. The lowest BCUT2D eigenvalue weighted by Gasteiger charge is -2.11. The van der Waals surface area contributed by atoms with Crippen molar-refractivity contribution in [3.63, 3.8) is 0 Å². The number of alkyl halides is 3. The van der Waals surface area contributed by atoms with Crippen LogP contribution in [0.25, 0.3) is 0 Å². The second-order valence-corrected chi connectivity index (χ2v) is 4.87. The Hall–Kier alpha value is -0.260. The van der Waals surface area contributed by atoms with Crippen molar-refractivity contribution in [2.75, 3.05) is 11.5 Å². The van der Waals surface area contributed by atoms with Crippen LogP contribution in [0.15, 0.2) is 0 Å². The molecule has 1 rings (SSSR count). The Kier molecular flexibility index (Phi) is 1.90. The van der Waals surface area contributed by atoms with Crippen LogP contribution in [0.3, 0.4) is 0 Å². The van der Waals surface area contributed by atoms with Crippen molar-refractivity contribution in [2.24, 2.45) is 5.92 Å². The lowest BCUT2D eigenvalue weighted by molar-refractivity contribution is -0.167. The van der Waals surface area contributed by atoms with Crippen molar-refractivity contribution in [3.8, 4) is 0 Å². The molecule has 0 radical (unpaired) electrons. The third kappa shape index (κ3) is 2.08. The summed E-state index contributed by atoms with van der Waals surface area (Å²) >= 11 is 0. The maximum Gasteiger partial charge on any atom is 0.392 e. The van der Waals surface area contributed by atoms with E-state index >= 15 is 0 Å². The summed E-state index contributed by atoms with van der Waals surface area (Å²) in [7, 11) is -3.40. The molecule has 0 aromatic heterocycles. The van der Waals surface area contributed by atoms with Crippen LogP contribution in [0.2, 0.25) is 0 Å². The summed E-state index contributed by atoms with van der Waals surface area (Å²) in [5, 5.41) is 0. The Morgan fingerprint density at radius 1 is 1.27 bits per heavy atom. The summed E-state index contributed by atoms with van der Waals surface area (Å²) in [5.41, 5.74) is 0. The van der Waals surface area contributed by atoms with Gasteiger partial charge in [-0.25, -0.2) is 8.42 Å². The predicted molar refractivity (Wildman–Crippen MR) is 32.8 cm³/mol. The van der Waals surface area contributed by atoms with E-state index in [4.69, 9.17) is 0 Å². The van der Waals surface area contributed by atoms with Crippen LogP contribution in [-0.4, -0.2) is 26.1 Å². The molecule has 1 atom stereocenters. The van der Waals surface area contributed by atoms with Crippen molar-refractivity contribution < 1.29 is 21.6 Å².